The van der Waals surface area contributed by atoms with Crippen LogP contribution in [0.5, 0.6) is 0 Å². The molecule has 15 heavy (non-hydrogen) atoms. The topological polar surface area (TPSA) is 74.5 Å². The Bertz CT molecular complexity index is 420. The van der Waals surface area contributed by atoms with Gasteiger partial charge in [0.1, 0.15) is 0 Å². The molecule has 2 aromatic heterocycles. The predicted octanol–water partition coefficient (Wildman–Crippen LogP) is 0.910. The first-order valence-electron chi connectivity index (χ1n) is 4.57. The molecule has 0 radical (unpaired) electrons. The number of rotatable bonds is 4. The van der Waals surface area contributed by atoms with Crippen molar-refractivity contribution >= 4 is 21.9 Å². The lowest BCUT2D eigenvalue weighted by atomic mass is 10.4. The molecular formula is C8H11BrN6. The van der Waals surface area contributed by atoms with Crippen LogP contribution in [0.2, 0.25) is 0 Å². The van der Waals surface area contributed by atoms with Crippen LogP contribution >= 0.6 is 15.9 Å². The van der Waals surface area contributed by atoms with Gasteiger partial charge in [-0.1, -0.05) is 0 Å². The Morgan fingerprint density at radius 2 is 2.27 bits per heavy atom. The van der Waals surface area contributed by atoms with Crippen LogP contribution in [0.15, 0.2) is 23.5 Å². The lowest BCUT2D eigenvalue weighted by Gasteiger charge is -2.02. The molecule has 7 heteroatoms. The van der Waals surface area contributed by atoms with Crippen molar-refractivity contribution in [2.75, 3.05) is 5.73 Å². The van der Waals surface area contributed by atoms with E-state index in [0.29, 0.717) is 10.7 Å². The minimum absolute atomic E-state index is 0.296. The summed E-state index contributed by atoms with van der Waals surface area (Å²) in [5, 5.41) is 4.04. The molecule has 2 N–H and O–H groups in total. The number of nitrogen functional groups attached to an aromatic ring is 1. The standard InChI is InChI=1S/C8H11BrN6/c9-7-12-8(10)13-15(7)4-1-3-14-5-2-11-6-14/h2,5-6H,1,3-4H2,(H2,10,13). The van der Waals surface area contributed by atoms with Crippen LogP contribution in [-0.4, -0.2) is 24.3 Å². The molecule has 0 aliphatic carbocycles. The quantitative estimate of drug-likeness (QED) is 0.896. The van der Waals surface area contributed by atoms with Crippen LogP contribution in [0.4, 0.5) is 5.95 Å². The summed E-state index contributed by atoms with van der Waals surface area (Å²) in [6.45, 7) is 1.69. The third-order valence-corrected chi connectivity index (χ3v) is 2.58. The molecule has 6 nitrogen and oxygen atoms in total. The molecule has 0 amide bonds. The highest BCUT2D eigenvalue weighted by atomic mass is 79.9. The van der Waals surface area contributed by atoms with Gasteiger partial charge < -0.3 is 10.3 Å². The van der Waals surface area contributed by atoms with Crippen LogP contribution < -0.4 is 5.73 Å². The van der Waals surface area contributed by atoms with E-state index in [2.05, 4.69) is 31.0 Å². The zero-order valence-corrected chi connectivity index (χ0v) is 9.63. The second-order valence-electron chi connectivity index (χ2n) is 3.12. The van der Waals surface area contributed by atoms with Crippen molar-refractivity contribution in [3.63, 3.8) is 0 Å². The van der Waals surface area contributed by atoms with E-state index in [1.54, 1.807) is 17.2 Å². The van der Waals surface area contributed by atoms with E-state index in [0.717, 1.165) is 19.5 Å². The molecule has 0 aliphatic rings. The second kappa shape index (κ2) is 4.43. The van der Waals surface area contributed by atoms with Gasteiger partial charge in [0.15, 0.2) is 4.73 Å². The van der Waals surface area contributed by atoms with Gasteiger partial charge in [-0.2, -0.15) is 4.98 Å². The molecule has 0 spiro atoms. The van der Waals surface area contributed by atoms with Crippen LogP contribution in [0, 0.1) is 0 Å². The minimum atomic E-state index is 0.296. The Hall–Kier alpha value is -1.37. The fraction of sp³-hybridized carbons (Fsp3) is 0.375. The molecule has 0 bridgehead atoms. The highest BCUT2D eigenvalue weighted by molar-refractivity contribution is 9.10. The first-order chi connectivity index (χ1) is 7.25. The molecule has 2 heterocycles. The minimum Gasteiger partial charge on any atom is -0.366 e. The number of hydrogen-bond donors (Lipinski definition) is 1. The number of nitrogens with zero attached hydrogens (tertiary/aromatic N) is 5. The smallest absolute Gasteiger partial charge is 0.240 e. The summed E-state index contributed by atoms with van der Waals surface area (Å²) in [5.74, 6) is 0.296. The van der Waals surface area contributed by atoms with Gasteiger partial charge in [-0.25, -0.2) is 9.67 Å². The van der Waals surface area contributed by atoms with Crippen LogP contribution in [0.1, 0.15) is 6.42 Å². The SMILES string of the molecule is Nc1nc(Br)n(CCCn2ccnc2)n1. The van der Waals surface area contributed by atoms with Crippen molar-refractivity contribution in [1.82, 2.24) is 24.3 Å². The second-order valence-corrected chi connectivity index (χ2v) is 3.83. The summed E-state index contributed by atoms with van der Waals surface area (Å²) in [4.78, 5) is 7.92. The summed E-state index contributed by atoms with van der Waals surface area (Å²) in [7, 11) is 0. The summed E-state index contributed by atoms with van der Waals surface area (Å²) < 4.78 is 4.44. The number of aryl methyl sites for hydroxylation is 2. The molecule has 2 rings (SSSR count). The van der Waals surface area contributed by atoms with Gasteiger partial charge in [0.2, 0.25) is 5.95 Å². The van der Waals surface area contributed by atoms with Crippen molar-refractivity contribution in [3.05, 3.63) is 23.5 Å². The Labute approximate surface area is 95.3 Å². The Morgan fingerprint density at radius 3 is 2.87 bits per heavy atom. The first-order valence-corrected chi connectivity index (χ1v) is 5.36. The van der Waals surface area contributed by atoms with Gasteiger partial charge in [0.25, 0.3) is 0 Å². The largest absolute Gasteiger partial charge is 0.366 e. The summed E-state index contributed by atoms with van der Waals surface area (Å²) in [5.41, 5.74) is 5.46. The molecule has 0 saturated carbocycles. The monoisotopic (exact) mass is 270 g/mol. The third kappa shape index (κ3) is 2.56. The average molecular weight is 271 g/mol. The van der Waals surface area contributed by atoms with E-state index < -0.39 is 0 Å². The summed E-state index contributed by atoms with van der Waals surface area (Å²) in [6, 6.07) is 0. The molecule has 0 fully saturated rings. The molecule has 0 atom stereocenters. The van der Waals surface area contributed by atoms with E-state index >= 15 is 0 Å². The highest BCUT2D eigenvalue weighted by Crippen LogP contribution is 2.08. The van der Waals surface area contributed by atoms with Crippen LogP contribution in [0.25, 0.3) is 0 Å². The first kappa shape index (κ1) is 10.2. The molecule has 2 aromatic rings. The highest BCUT2D eigenvalue weighted by Gasteiger charge is 2.03. The number of anilines is 1. The van der Waals surface area contributed by atoms with Crippen LogP contribution in [0.3, 0.4) is 0 Å². The van der Waals surface area contributed by atoms with Gasteiger partial charge in [-0.05, 0) is 22.4 Å². The zero-order chi connectivity index (χ0) is 10.7. The molecule has 80 valence electrons. The molecular weight excluding hydrogens is 260 g/mol. The molecule has 0 unspecified atom stereocenters. The third-order valence-electron chi connectivity index (χ3n) is 1.99. The van der Waals surface area contributed by atoms with E-state index in [1.807, 2.05) is 10.8 Å². The van der Waals surface area contributed by atoms with Crippen molar-refractivity contribution in [2.24, 2.45) is 0 Å². The summed E-state index contributed by atoms with van der Waals surface area (Å²) in [6.07, 6.45) is 6.45. The number of aromatic nitrogens is 5. The number of halogens is 1. The van der Waals surface area contributed by atoms with Gasteiger partial charge in [0, 0.05) is 25.5 Å². The number of imidazole rings is 1. The summed E-state index contributed by atoms with van der Waals surface area (Å²) >= 11 is 3.29. The van der Waals surface area contributed by atoms with Crippen molar-refractivity contribution in [1.29, 1.82) is 0 Å². The van der Waals surface area contributed by atoms with Crippen LogP contribution in [-0.2, 0) is 13.1 Å². The van der Waals surface area contributed by atoms with E-state index in [4.69, 9.17) is 5.73 Å². The zero-order valence-electron chi connectivity index (χ0n) is 8.04. The van der Waals surface area contributed by atoms with Gasteiger partial charge in [0.05, 0.1) is 6.33 Å². The van der Waals surface area contributed by atoms with Gasteiger partial charge >= 0.3 is 0 Å². The maximum Gasteiger partial charge on any atom is 0.240 e. The molecule has 0 aliphatic heterocycles. The van der Waals surface area contributed by atoms with Crippen molar-refractivity contribution < 1.29 is 0 Å². The molecule has 0 aromatic carbocycles. The predicted molar refractivity (Wildman–Crippen MR) is 59.0 cm³/mol. The lowest BCUT2D eigenvalue weighted by molar-refractivity contribution is 0.519. The normalized spacial score (nSPS) is 10.7. The number of nitrogens with two attached hydrogens (primary N) is 1. The van der Waals surface area contributed by atoms with Gasteiger partial charge in [-0.3, -0.25) is 0 Å². The van der Waals surface area contributed by atoms with Crippen molar-refractivity contribution in [3.8, 4) is 0 Å². The molecule has 0 saturated heterocycles. The Kier molecular flexibility index (Phi) is 3.00. The maximum absolute atomic E-state index is 5.46. The van der Waals surface area contributed by atoms with Crippen molar-refractivity contribution in [2.45, 2.75) is 19.5 Å². The maximum atomic E-state index is 5.46. The number of hydrogen-bond acceptors (Lipinski definition) is 4. The van der Waals surface area contributed by atoms with Gasteiger partial charge in [-0.15, -0.1) is 5.10 Å². The van der Waals surface area contributed by atoms with E-state index in [9.17, 15) is 0 Å². The average Bonchev–Trinajstić information content (AvgIpc) is 2.77. The Morgan fingerprint density at radius 1 is 1.40 bits per heavy atom. The fourth-order valence-corrected chi connectivity index (χ4v) is 1.74. The van der Waals surface area contributed by atoms with E-state index in [-0.39, 0.29) is 0 Å². The van der Waals surface area contributed by atoms with E-state index in [1.165, 1.54) is 0 Å². The fourth-order valence-electron chi connectivity index (χ4n) is 1.30. The lowest BCUT2D eigenvalue weighted by Crippen LogP contribution is -2.05. The Balaban J connectivity index is 1.86.